The number of ether oxygens (including phenoxy) is 1. The SMILES string of the molecule is C=COCCNC(C)C(c1ccccc1)c1cccc(C(F)(F)F)c1.Cl. The molecule has 2 nitrogen and oxygen atoms in total. The quantitative estimate of drug-likeness (QED) is 0.485. The van der Waals surface area contributed by atoms with Gasteiger partial charge in [-0.15, -0.1) is 12.4 Å². The highest BCUT2D eigenvalue weighted by molar-refractivity contribution is 5.85. The second-order valence-corrected chi connectivity index (χ2v) is 5.79. The van der Waals surface area contributed by atoms with E-state index in [1.807, 2.05) is 37.3 Å². The van der Waals surface area contributed by atoms with Gasteiger partial charge in [-0.3, -0.25) is 0 Å². The van der Waals surface area contributed by atoms with Gasteiger partial charge in [-0.2, -0.15) is 13.2 Å². The van der Waals surface area contributed by atoms with Gasteiger partial charge < -0.3 is 10.1 Å². The molecule has 1 N–H and O–H groups in total. The number of benzene rings is 2. The zero-order chi connectivity index (χ0) is 18.3. The van der Waals surface area contributed by atoms with Gasteiger partial charge in [0.2, 0.25) is 0 Å². The fourth-order valence-electron chi connectivity index (χ4n) is 2.89. The summed E-state index contributed by atoms with van der Waals surface area (Å²) in [5.41, 5.74) is 0.963. The molecule has 6 heteroatoms. The predicted octanol–water partition coefficient (Wildman–Crippen LogP) is 5.40. The molecule has 0 aliphatic rings. The molecule has 0 saturated heterocycles. The maximum absolute atomic E-state index is 13.1. The van der Waals surface area contributed by atoms with Crippen molar-refractivity contribution in [3.05, 3.63) is 84.1 Å². The van der Waals surface area contributed by atoms with Crippen molar-refractivity contribution in [1.29, 1.82) is 0 Å². The van der Waals surface area contributed by atoms with E-state index in [4.69, 9.17) is 4.74 Å². The molecule has 2 rings (SSSR count). The monoisotopic (exact) mass is 385 g/mol. The van der Waals surface area contributed by atoms with E-state index in [9.17, 15) is 13.2 Å². The van der Waals surface area contributed by atoms with Crippen molar-refractivity contribution >= 4 is 12.4 Å². The second-order valence-electron chi connectivity index (χ2n) is 5.79. The van der Waals surface area contributed by atoms with Gasteiger partial charge in [0.05, 0.1) is 18.4 Å². The molecule has 2 aromatic carbocycles. The van der Waals surface area contributed by atoms with Crippen molar-refractivity contribution < 1.29 is 17.9 Å². The number of hydrogen-bond donors (Lipinski definition) is 1. The minimum Gasteiger partial charge on any atom is -0.500 e. The third-order valence-corrected chi connectivity index (χ3v) is 4.04. The van der Waals surface area contributed by atoms with Crippen LogP contribution in [-0.4, -0.2) is 19.2 Å². The molecule has 0 aromatic heterocycles. The highest BCUT2D eigenvalue weighted by atomic mass is 35.5. The van der Waals surface area contributed by atoms with E-state index in [2.05, 4.69) is 11.9 Å². The minimum absolute atomic E-state index is 0. The van der Waals surface area contributed by atoms with Crippen molar-refractivity contribution in [3.63, 3.8) is 0 Å². The summed E-state index contributed by atoms with van der Waals surface area (Å²) in [6.45, 7) is 6.48. The molecule has 0 radical (unpaired) electrons. The molecule has 0 aliphatic heterocycles. The smallest absolute Gasteiger partial charge is 0.416 e. The van der Waals surface area contributed by atoms with Gasteiger partial charge in [0.1, 0.15) is 0 Å². The first kappa shape index (κ1) is 22.1. The molecule has 2 atom stereocenters. The Bertz CT molecular complexity index is 676. The number of halogens is 4. The average Bonchev–Trinajstić information content (AvgIpc) is 2.59. The van der Waals surface area contributed by atoms with Crippen molar-refractivity contribution in [1.82, 2.24) is 5.32 Å². The first-order valence-electron chi connectivity index (χ1n) is 8.11. The summed E-state index contributed by atoms with van der Waals surface area (Å²) in [6, 6.07) is 15.0. The molecular formula is C20H23ClF3NO. The van der Waals surface area contributed by atoms with Crippen LogP contribution in [0.3, 0.4) is 0 Å². The van der Waals surface area contributed by atoms with Crippen LogP contribution in [0.25, 0.3) is 0 Å². The van der Waals surface area contributed by atoms with E-state index in [0.717, 1.165) is 11.6 Å². The van der Waals surface area contributed by atoms with Crippen LogP contribution in [0.2, 0.25) is 0 Å². The molecule has 0 aliphatic carbocycles. The molecule has 0 heterocycles. The Hall–Kier alpha value is -1.98. The van der Waals surface area contributed by atoms with E-state index in [1.54, 1.807) is 6.07 Å². The largest absolute Gasteiger partial charge is 0.500 e. The molecule has 142 valence electrons. The Balaban J connectivity index is 0.00000338. The molecule has 0 amide bonds. The third kappa shape index (κ3) is 6.07. The van der Waals surface area contributed by atoms with Crippen LogP contribution >= 0.6 is 12.4 Å². The first-order chi connectivity index (χ1) is 11.9. The van der Waals surface area contributed by atoms with Gasteiger partial charge in [0.25, 0.3) is 0 Å². The fraction of sp³-hybridized carbons (Fsp3) is 0.300. The van der Waals surface area contributed by atoms with Crippen molar-refractivity contribution in [2.75, 3.05) is 13.2 Å². The van der Waals surface area contributed by atoms with Crippen LogP contribution in [0.5, 0.6) is 0 Å². The van der Waals surface area contributed by atoms with Crippen LogP contribution in [0, 0.1) is 0 Å². The zero-order valence-electron chi connectivity index (χ0n) is 14.5. The van der Waals surface area contributed by atoms with E-state index in [-0.39, 0.29) is 24.4 Å². The van der Waals surface area contributed by atoms with Gasteiger partial charge in [-0.25, -0.2) is 0 Å². The second kappa shape index (κ2) is 10.2. The van der Waals surface area contributed by atoms with Crippen LogP contribution in [-0.2, 0) is 10.9 Å². The predicted molar refractivity (Wildman–Crippen MR) is 101 cm³/mol. The summed E-state index contributed by atoms with van der Waals surface area (Å²) in [4.78, 5) is 0. The highest BCUT2D eigenvalue weighted by Gasteiger charge is 2.31. The van der Waals surface area contributed by atoms with Crippen molar-refractivity contribution in [2.24, 2.45) is 0 Å². The normalized spacial score (nSPS) is 13.4. The van der Waals surface area contributed by atoms with Gasteiger partial charge in [-0.05, 0) is 24.1 Å². The molecule has 0 bridgehead atoms. The Kier molecular flexibility index (Phi) is 8.69. The summed E-state index contributed by atoms with van der Waals surface area (Å²) < 4.78 is 44.3. The summed E-state index contributed by atoms with van der Waals surface area (Å²) in [7, 11) is 0. The van der Waals surface area contributed by atoms with Gasteiger partial charge in [0.15, 0.2) is 0 Å². The van der Waals surface area contributed by atoms with E-state index in [1.165, 1.54) is 18.4 Å². The lowest BCUT2D eigenvalue weighted by Gasteiger charge is -2.27. The van der Waals surface area contributed by atoms with Gasteiger partial charge in [-0.1, -0.05) is 55.1 Å². The number of nitrogens with one attached hydrogen (secondary N) is 1. The molecule has 26 heavy (non-hydrogen) atoms. The third-order valence-electron chi connectivity index (χ3n) is 4.04. The summed E-state index contributed by atoms with van der Waals surface area (Å²) in [5, 5.41) is 3.32. The Morgan fingerprint density at radius 2 is 1.73 bits per heavy atom. The maximum atomic E-state index is 13.1. The van der Waals surface area contributed by atoms with Crippen LogP contribution in [0.4, 0.5) is 13.2 Å². The Labute approximate surface area is 158 Å². The molecule has 0 spiro atoms. The molecule has 0 saturated carbocycles. The van der Waals surface area contributed by atoms with Crippen LogP contribution in [0.15, 0.2) is 67.4 Å². The molecule has 2 unspecified atom stereocenters. The number of hydrogen-bond acceptors (Lipinski definition) is 2. The molecule has 0 fully saturated rings. The summed E-state index contributed by atoms with van der Waals surface area (Å²) in [6.07, 6.45) is -2.99. The van der Waals surface area contributed by atoms with Gasteiger partial charge >= 0.3 is 6.18 Å². The van der Waals surface area contributed by atoms with Crippen LogP contribution < -0.4 is 5.32 Å². The lowest BCUT2D eigenvalue weighted by molar-refractivity contribution is -0.137. The Morgan fingerprint density at radius 1 is 1.08 bits per heavy atom. The summed E-state index contributed by atoms with van der Waals surface area (Å²) in [5.74, 6) is -0.202. The minimum atomic E-state index is -4.36. The van der Waals surface area contributed by atoms with E-state index >= 15 is 0 Å². The maximum Gasteiger partial charge on any atom is 0.416 e. The zero-order valence-corrected chi connectivity index (χ0v) is 15.3. The lowest BCUT2D eigenvalue weighted by Crippen LogP contribution is -2.35. The lowest BCUT2D eigenvalue weighted by atomic mass is 9.85. The van der Waals surface area contributed by atoms with Crippen molar-refractivity contribution in [3.8, 4) is 0 Å². The van der Waals surface area contributed by atoms with E-state index in [0.29, 0.717) is 18.7 Å². The van der Waals surface area contributed by atoms with Crippen molar-refractivity contribution in [2.45, 2.75) is 25.1 Å². The van der Waals surface area contributed by atoms with E-state index < -0.39 is 11.7 Å². The average molecular weight is 386 g/mol. The van der Waals surface area contributed by atoms with Gasteiger partial charge in [0, 0.05) is 18.5 Å². The number of rotatable bonds is 8. The fourth-order valence-corrected chi connectivity index (χ4v) is 2.89. The first-order valence-corrected chi connectivity index (χ1v) is 8.11. The highest BCUT2D eigenvalue weighted by Crippen LogP contribution is 2.34. The Morgan fingerprint density at radius 3 is 2.35 bits per heavy atom. The standard InChI is InChI=1S/C20H22F3NO.ClH/c1-3-25-13-12-24-15(2)19(16-8-5-4-6-9-16)17-10-7-11-18(14-17)20(21,22)23;/h3-11,14-15,19,24H,1,12-13H2,2H3;1H. The van der Waals surface area contributed by atoms with Crippen LogP contribution in [0.1, 0.15) is 29.5 Å². The number of alkyl halides is 3. The molecular weight excluding hydrogens is 363 g/mol. The topological polar surface area (TPSA) is 21.3 Å². The molecule has 2 aromatic rings. The summed E-state index contributed by atoms with van der Waals surface area (Å²) >= 11 is 0.